The average Bonchev–Trinajstić information content (AvgIpc) is 2.44. The standard InChI is InChI=1S/C18H26BrNO4S/c1-12(2)5-4-6-17(3)9-18(10-23-11-18)14-7-13(25(20,21)22)8-15(19)16(14)24-17/h7-8,12H,4-6,9-11H2,1-3H3,(H2,20,21,22). The molecule has 1 saturated heterocycles. The minimum Gasteiger partial charge on any atom is -0.486 e. The molecular weight excluding hydrogens is 406 g/mol. The number of hydrogen-bond acceptors (Lipinski definition) is 4. The molecule has 1 aromatic carbocycles. The Balaban J connectivity index is 1.98. The number of sulfonamides is 1. The Morgan fingerprint density at radius 3 is 2.52 bits per heavy atom. The van der Waals surface area contributed by atoms with Crippen LogP contribution in [-0.4, -0.2) is 27.2 Å². The van der Waals surface area contributed by atoms with Crippen LogP contribution in [0.2, 0.25) is 0 Å². The van der Waals surface area contributed by atoms with E-state index in [4.69, 9.17) is 14.6 Å². The summed E-state index contributed by atoms with van der Waals surface area (Å²) in [5, 5.41) is 5.33. The first-order chi connectivity index (χ1) is 11.5. The number of nitrogens with two attached hydrogens (primary N) is 1. The summed E-state index contributed by atoms with van der Waals surface area (Å²) >= 11 is 3.49. The van der Waals surface area contributed by atoms with Crippen molar-refractivity contribution in [2.24, 2.45) is 11.1 Å². The molecule has 3 rings (SSSR count). The number of primary sulfonamides is 1. The molecule has 2 aliphatic heterocycles. The lowest BCUT2D eigenvalue weighted by Gasteiger charge is -2.52. The van der Waals surface area contributed by atoms with Gasteiger partial charge >= 0.3 is 0 Å². The van der Waals surface area contributed by atoms with Crippen molar-refractivity contribution in [1.29, 1.82) is 0 Å². The molecule has 0 amide bonds. The van der Waals surface area contributed by atoms with Gasteiger partial charge in [0.15, 0.2) is 0 Å². The fourth-order valence-electron chi connectivity index (χ4n) is 3.95. The van der Waals surface area contributed by atoms with Gasteiger partial charge in [-0.15, -0.1) is 0 Å². The maximum atomic E-state index is 11.8. The Morgan fingerprint density at radius 1 is 1.32 bits per heavy atom. The molecule has 0 aromatic heterocycles. The topological polar surface area (TPSA) is 78.6 Å². The first kappa shape index (κ1) is 19.1. The summed E-state index contributed by atoms with van der Waals surface area (Å²) in [4.78, 5) is 0.108. The van der Waals surface area contributed by atoms with Crippen molar-refractivity contribution in [3.05, 3.63) is 22.2 Å². The quantitative estimate of drug-likeness (QED) is 0.769. The van der Waals surface area contributed by atoms with E-state index in [1.807, 2.05) is 0 Å². The summed E-state index contributed by atoms with van der Waals surface area (Å²) in [6, 6.07) is 3.19. The highest BCUT2D eigenvalue weighted by atomic mass is 79.9. The molecule has 1 atom stereocenters. The van der Waals surface area contributed by atoms with Gasteiger partial charge in [0.1, 0.15) is 11.4 Å². The molecular formula is C18H26BrNO4S. The second-order valence-corrected chi connectivity index (χ2v) is 10.5. The van der Waals surface area contributed by atoms with Crippen LogP contribution in [0.3, 0.4) is 0 Å². The summed E-state index contributed by atoms with van der Waals surface area (Å²) < 4.78 is 36.2. The molecule has 140 valence electrons. The number of hydrogen-bond donors (Lipinski definition) is 1. The van der Waals surface area contributed by atoms with Crippen LogP contribution in [0.1, 0.15) is 52.0 Å². The fourth-order valence-corrected chi connectivity index (χ4v) is 5.21. The Bertz CT molecular complexity index is 774. The first-order valence-corrected chi connectivity index (χ1v) is 11.0. The molecule has 1 aromatic rings. The third kappa shape index (κ3) is 3.75. The van der Waals surface area contributed by atoms with Crippen molar-refractivity contribution in [2.45, 2.75) is 62.4 Å². The van der Waals surface area contributed by atoms with Crippen LogP contribution in [0.5, 0.6) is 5.75 Å². The van der Waals surface area contributed by atoms with E-state index < -0.39 is 10.0 Å². The van der Waals surface area contributed by atoms with Crippen molar-refractivity contribution in [3.8, 4) is 5.75 Å². The van der Waals surface area contributed by atoms with Gasteiger partial charge in [0.05, 0.1) is 22.6 Å². The van der Waals surface area contributed by atoms with Crippen molar-refractivity contribution < 1.29 is 17.9 Å². The normalized spacial score (nSPS) is 24.7. The highest BCUT2D eigenvalue weighted by Crippen LogP contribution is 2.53. The number of halogens is 1. The van der Waals surface area contributed by atoms with Crippen LogP contribution < -0.4 is 9.88 Å². The highest BCUT2D eigenvalue weighted by Gasteiger charge is 2.52. The lowest BCUT2D eigenvalue weighted by molar-refractivity contribution is -0.112. The predicted octanol–water partition coefficient (Wildman–Crippen LogP) is 3.73. The first-order valence-electron chi connectivity index (χ1n) is 8.68. The van der Waals surface area contributed by atoms with E-state index in [0.29, 0.717) is 23.6 Å². The molecule has 5 nitrogen and oxygen atoms in total. The van der Waals surface area contributed by atoms with E-state index in [9.17, 15) is 8.42 Å². The van der Waals surface area contributed by atoms with Gasteiger partial charge < -0.3 is 9.47 Å². The van der Waals surface area contributed by atoms with Crippen molar-refractivity contribution in [2.75, 3.05) is 13.2 Å². The monoisotopic (exact) mass is 431 g/mol. The Kier molecular flexibility index (Phi) is 4.99. The molecule has 2 heterocycles. The Hall–Kier alpha value is -0.630. The van der Waals surface area contributed by atoms with Gasteiger partial charge in [-0.2, -0.15) is 0 Å². The third-order valence-electron chi connectivity index (χ3n) is 5.22. The molecule has 7 heteroatoms. The average molecular weight is 432 g/mol. The molecule has 25 heavy (non-hydrogen) atoms. The summed E-state index contributed by atoms with van der Waals surface area (Å²) in [5.41, 5.74) is 0.416. The lowest BCUT2D eigenvalue weighted by atomic mass is 9.68. The smallest absolute Gasteiger partial charge is 0.238 e. The van der Waals surface area contributed by atoms with E-state index in [-0.39, 0.29) is 15.9 Å². The zero-order valence-corrected chi connectivity index (χ0v) is 17.4. The number of rotatable bonds is 5. The van der Waals surface area contributed by atoms with E-state index in [1.165, 1.54) is 12.5 Å². The number of ether oxygens (including phenoxy) is 2. The fraction of sp³-hybridized carbons (Fsp3) is 0.667. The van der Waals surface area contributed by atoms with Crippen molar-refractivity contribution >= 4 is 26.0 Å². The molecule has 0 radical (unpaired) electrons. The van der Waals surface area contributed by atoms with Gasteiger partial charge in [-0.05, 0) is 53.7 Å². The Morgan fingerprint density at radius 2 is 2.00 bits per heavy atom. The van der Waals surface area contributed by atoms with Crippen LogP contribution in [0, 0.1) is 5.92 Å². The van der Waals surface area contributed by atoms with Gasteiger partial charge in [-0.1, -0.05) is 20.3 Å². The number of benzene rings is 1. The summed E-state index contributed by atoms with van der Waals surface area (Å²) in [6.45, 7) is 7.78. The molecule has 2 N–H and O–H groups in total. The van der Waals surface area contributed by atoms with E-state index in [2.05, 4.69) is 36.7 Å². The summed E-state index contributed by atoms with van der Waals surface area (Å²) in [7, 11) is -3.77. The largest absolute Gasteiger partial charge is 0.486 e. The SMILES string of the molecule is CC(C)CCCC1(C)CC2(COC2)c2cc(S(N)(=O)=O)cc(Br)c2O1. The zero-order valence-electron chi connectivity index (χ0n) is 15.0. The van der Waals surface area contributed by atoms with Gasteiger partial charge in [0.2, 0.25) is 10.0 Å². The molecule has 1 spiro atoms. The molecule has 1 unspecified atom stereocenters. The minimum atomic E-state index is -3.77. The lowest BCUT2D eigenvalue weighted by Crippen LogP contribution is -2.56. The van der Waals surface area contributed by atoms with E-state index in [1.54, 1.807) is 6.07 Å². The maximum Gasteiger partial charge on any atom is 0.238 e. The van der Waals surface area contributed by atoms with Crippen LogP contribution in [0.25, 0.3) is 0 Å². The van der Waals surface area contributed by atoms with E-state index in [0.717, 1.165) is 30.6 Å². The van der Waals surface area contributed by atoms with Crippen LogP contribution in [0.4, 0.5) is 0 Å². The third-order valence-corrected chi connectivity index (χ3v) is 6.70. The van der Waals surface area contributed by atoms with Crippen LogP contribution in [-0.2, 0) is 20.2 Å². The van der Waals surface area contributed by atoms with E-state index >= 15 is 0 Å². The van der Waals surface area contributed by atoms with Crippen LogP contribution >= 0.6 is 15.9 Å². The molecule has 0 saturated carbocycles. The predicted molar refractivity (Wildman–Crippen MR) is 100 cm³/mol. The second-order valence-electron chi connectivity index (χ2n) is 8.11. The summed E-state index contributed by atoms with van der Waals surface area (Å²) in [6.07, 6.45) is 4.06. The maximum absolute atomic E-state index is 11.8. The van der Waals surface area contributed by atoms with Crippen LogP contribution in [0.15, 0.2) is 21.5 Å². The van der Waals surface area contributed by atoms with Gasteiger partial charge in [0.25, 0.3) is 0 Å². The highest BCUT2D eigenvalue weighted by molar-refractivity contribution is 9.10. The molecule has 1 fully saturated rings. The second kappa shape index (κ2) is 6.51. The van der Waals surface area contributed by atoms with Gasteiger partial charge in [-0.25, -0.2) is 13.6 Å². The van der Waals surface area contributed by atoms with Gasteiger partial charge in [0, 0.05) is 17.4 Å². The van der Waals surface area contributed by atoms with Crippen molar-refractivity contribution in [1.82, 2.24) is 0 Å². The molecule has 2 aliphatic rings. The molecule has 0 aliphatic carbocycles. The zero-order chi connectivity index (χ0) is 18.5. The van der Waals surface area contributed by atoms with Crippen molar-refractivity contribution in [3.63, 3.8) is 0 Å². The minimum absolute atomic E-state index is 0.108. The Labute approximate surface area is 158 Å². The molecule has 0 bridgehead atoms. The van der Waals surface area contributed by atoms with Gasteiger partial charge in [-0.3, -0.25) is 0 Å². The number of fused-ring (bicyclic) bond motifs is 2. The summed E-state index contributed by atoms with van der Waals surface area (Å²) in [5.74, 6) is 1.40.